The zero-order valence-corrected chi connectivity index (χ0v) is 12.1. The van der Waals surface area contributed by atoms with Gasteiger partial charge in [0, 0.05) is 11.6 Å². The molecule has 0 aliphatic heterocycles. The van der Waals surface area contributed by atoms with Crippen molar-refractivity contribution in [1.29, 1.82) is 0 Å². The number of amides is 1. The maximum absolute atomic E-state index is 13.0. The zero-order chi connectivity index (χ0) is 17.3. The average Bonchev–Trinajstić information content (AvgIpc) is 3.05. The lowest BCUT2D eigenvalue weighted by Gasteiger charge is -2.10. The summed E-state index contributed by atoms with van der Waals surface area (Å²) in [5.74, 6) is -0.216. The SMILES string of the molecule is O=C(NCc1ccco1)c1c[nH]c2c(C(F)(F)F)cccc2c1=O. The highest BCUT2D eigenvalue weighted by atomic mass is 19.4. The molecule has 0 bridgehead atoms. The van der Waals surface area contributed by atoms with Gasteiger partial charge in [-0.25, -0.2) is 0 Å². The zero-order valence-electron chi connectivity index (χ0n) is 12.1. The second kappa shape index (κ2) is 5.88. The molecule has 2 heterocycles. The van der Waals surface area contributed by atoms with Gasteiger partial charge in [-0.3, -0.25) is 9.59 Å². The minimum atomic E-state index is -4.61. The number of halogens is 3. The van der Waals surface area contributed by atoms with Gasteiger partial charge in [-0.2, -0.15) is 13.2 Å². The molecule has 1 aromatic carbocycles. The third kappa shape index (κ3) is 2.90. The number of furan rings is 1. The molecule has 0 aliphatic rings. The maximum Gasteiger partial charge on any atom is 0.418 e. The number of alkyl halides is 3. The first-order valence-corrected chi connectivity index (χ1v) is 6.90. The van der Waals surface area contributed by atoms with E-state index >= 15 is 0 Å². The molecule has 5 nitrogen and oxygen atoms in total. The Morgan fingerprint density at radius 3 is 2.67 bits per heavy atom. The van der Waals surface area contributed by atoms with Gasteiger partial charge >= 0.3 is 6.18 Å². The lowest BCUT2D eigenvalue weighted by atomic mass is 10.1. The molecule has 0 spiro atoms. The van der Waals surface area contributed by atoms with Crippen molar-refractivity contribution >= 4 is 16.8 Å². The minimum Gasteiger partial charge on any atom is -0.467 e. The quantitative estimate of drug-likeness (QED) is 0.772. The first kappa shape index (κ1) is 15.9. The number of benzene rings is 1. The van der Waals surface area contributed by atoms with Crippen molar-refractivity contribution in [2.24, 2.45) is 0 Å². The van der Waals surface area contributed by atoms with Crippen molar-refractivity contribution < 1.29 is 22.4 Å². The number of hydrogen-bond donors (Lipinski definition) is 2. The van der Waals surface area contributed by atoms with Crippen molar-refractivity contribution in [2.45, 2.75) is 12.7 Å². The standard InChI is InChI=1S/C16H11F3N2O3/c17-16(18,19)12-5-1-4-10-13(12)20-8-11(14(10)22)15(23)21-7-9-3-2-6-24-9/h1-6,8H,7H2,(H,20,22)(H,21,23). The van der Waals surface area contributed by atoms with Crippen molar-refractivity contribution in [3.05, 3.63) is 69.9 Å². The first-order chi connectivity index (χ1) is 11.4. The van der Waals surface area contributed by atoms with Gasteiger partial charge in [-0.1, -0.05) is 6.07 Å². The lowest BCUT2D eigenvalue weighted by molar-refractivity contribution is -0.136. The van der Waals surface area contributed by atoms with Crippen molar-refractivity contribution in [3.8, 4) is 0 Å². The molecule has 1 amide bonds. The van der Waals surface area contributed by atoms with E-state index < -0.39 is 23.1 Å². The fourth-order valence-corrected chi connectivity index (χ4v) is 2.33. The average molecular weight is 336 g/mol. The number of carbonyl (C=O) groups excluding carboxylic acids is 1. The predicted molar refractivity (Wildman–Crippen MR) is 79.4 cm³/mol. The van der Waals surface area contributed by atoms with Gasteiger partial charge < -0.3 is 14.7 Å². The molecule has 3 aromatic rings. The van der Waals surface area contributed by atoms with Crippen LogP contribution in [0, 0.1) is 0 Å². The highest BCUT2D eigenvalue weighted by Crippen LogP contribution is 2.32. The van der Waals surface area contributed by atoms with Crippen LogP contribution < -0.4 is 10.7 Å². The molecule has 124 valence electrons. The van der Waals surface area contributed by atoms with Crippen LogP contribution in [-0.2, 0) is 12.7 Å². The monoisotopic (exact) mass is 336 g/mol. The minimum absolute atomic E-state index is 0.0614. The van der Waals surface area contributed by atoms with E-state index in [1.165, 1.54) is 12.3 Å². The van der Waals surface area contributed by atoms with Crippen LogP contribution in [0.2, 0.25) is 0 Å². The largest absolute Gasteiger partial charge is 0.467 e. The number of carbonyl (C=O) groups is 1. The summed E-state index contributed by atoms with van der Waals surface area (Å²) in [6.45, 7) is 0.0614. The Hall–Kier alpha value is -3.03. The Bertz CT molecular complexity index is 943. The summed E-state index contributed by atoms with van der Waals surface area (Å²) in [6, 6.07) is 6.52. The van der Waals surface area contributed by atoms with Gasteiger partial charge in [0.2, 0.25) is 5.43 Å². The molecule has 0 unspecified atom stereocenters. The Morgan fingerprint density at radius 1 is 1.21 bits per heavy atom. The maximum atomic E-state index is 13.0. The normalized spacial score (nSPS) is 11.6. The summed E-state index contributed by atoms with van der Waals surface area (Å²) < 4.78 is 44.0. The van der Waals surface area contributed by atoms with E-state index in [2.05, 4.69) is 10.3 Å². The Kier molecular flexibility index (Phi) is 3.88. The number of rotatable bonds is 3. The van der Waals surface area contributed by atoms with Crippen LogP contribution in [0.3, 0.4) is 0 Å². The second-order valence-electron chi connectivity index (χ2n) is 5.02. The van der Waals surface area contributed by atoms with Crippen LogP contribution in [0.5, 0.6) is 0 Å². The summed E-state index contributed by atoms with van der Waals surface area (Å²) in [6.07, 6.45) is -2.19. The van der Waals surface area contributed by atoms with Crippen LogP contribution in [-0.4, -0.2) is 10.9 Å². The van der Waals surface area contributed by atoms with Crippen LogP contribution in [0.15, 0.2) is 52.0 Å². The summed E-state index contributed by atoms with van der Waals surface area (Å²) >= 11 is 0. The summed E-state index contributed by atoms with van der Waals surface area (Å²) in [5, 5.41) is 2.28. The Morgan fingerprint density at radius 2 is 2.00 bits per heavy atom. The fourth-order valence-electron chi connectivity index (χ4n) is 2.33. The van der Waals surface area contributed by atoms with Crippen molar-refractivity contribution in [1.82, 2.24) is 10.3 Å². The van der Waals surface area contributed by atoms with Gasteiger partial charge in [0.15, 0.2) is 0 Å². The van der Waals surface area contributed by atoms with E-state index in [9.17, 15) is 22.8 Å². The van der Waals surface area contributed by atoms with E-state index in [1.54, 1.807) is 12.1 Å². The van der Waals surface area contributed by atoms with E-state index in [0.717, 1.165) is 18.3 Å². The van der Waals surface area contributed by atoms with Gasteiger partial charge in [0.05, 0.1) is 23.9 Å². The number of aromatic nitrogens is 1. The van der Waals surface area contributed by atoms with Crippen LogP contribution in [0.25, 0.3) is 10.9 Å². The number of aromatic amines is 1. The second-order valence-corrected chi connectivity index (χ2v) is 5.02. The molecule has 0 saturated heterocycles. The smallest absolute Gasteiger partial charge is 0.418 e. The van der Waals surface area contributed by atoms with Crippen LogP contribution in [0.4, 0.5) is 13.2 Å². The van der Waals surface area contributed by atoms with Gasteiger partial charge in [0.1, 0.15) is 11.3 Å². The highest BCUT2D eigenvalue weighted by Gasteiger charge is 2.33. The highest BCUT2D eigenvalue weighted by molar-refractivity contribution is 5.97. The molecule has 2 aromatic heterocycles. The molecule has 0 atom stereocenters. The molecular formula is C16H11F3N2O3. The molecule has 3 rings (SSSR count). The molecule has 0 fully saturated rings. The molecule has 0 saturated carbocycles. The van der Waals surface area contributed by atoms with E-state index in [0.29, 0.717) is 5.76 Å². The van der Waals surface area contributed by atoms with Crippen LogP contribution >= 0.6 is 0 Å². The van der Waals surface area contributed by atoms with E-state index in [4.69, 9.17) is 4.42 Å². The number of para-hydroxylation sites is 1. The van der Waals surface area contributed by atoms with E-state index in [1.807, 2.05) is 0 Å². The molecule has 24 heavy (non-hydrogen) atoms. The molecule has 0 radical (unpaired) electrons. The summed E-state index contributed by atoms with van der Waals surface area (Å²) in [4.78, 5) is 26.8. The number of H-pyrrole nitrogens is 1. The van der Waals surface area contributed by atoms with Gasteiger partial charge in [-0.05, 0) is 24.3 Å². The Balaban J connectivity index is 1.97. The lowest BCUT2D eigenvalue weighted by Crippen LogP contribution is -2.28. The molecule has 2 N–H and O–H groups in total. The first-order valence-electron chi connectivity index (χ1n) is 6.90. The number of fused-ring (bicyclic) bond motifs is 1. The number of nitrogens with one attached hydrogen (secondary N) is 2. The number of hydrogen-bond acceptors (Lipinski definition) is 3. The summed E-state index contributed by atoms with van der Waals surface area (Å²) in [7, 11) is 0. The third-order valence-corrected chi connectivity index (χ3v) is 3.47. The number of pyridine rings is 1. The van der Waals surface area contributed by atoms with Gasteiger partial charge in [0.25, 0.3) is 5.91 Å². The van der Waals surface area contributed by atoms with E-state index in [-0.39, 0.29) is 23.0 Å². The van der Waals surface area contributed by atoms with Crippen LogP contribution in [0.1, 0.15) is 21.7 Å². The molecule has 8 heteroatoms. The summed E-state index contributed by atoms with van der Waals surface area (Å²) in [5.41, 5.74) is -2.35. The fraction of sp³-hybridized carbons (Fsp3) is 0.125. The van der Waals surface area contributed by atoms with Crippen molar-refractivity contribution in [3.63, 3.8) is 0 Å². The third-order valence-electron chi connectivity index (χ3n) is 3.47. The topological polar surface area (TPSA) is 75.1 Å². The Labute approximate surface area is 133 Å². The van der Waals surface area contributed by atoms with Gasteiger partial charge in [-0.15, -0.1) is 0 Å². The molecular weight excluding hydrogens is 325 g/mol. The van der Waals surface area contributed by atoms with Crippen molar-refractivity contribution in [2.75, 3.05) is 0 Å². The molecule has 0 aliphatic carbocycles. The predicted octanol–water partition coefficient (Wildman–Crippen LogP) is 3.07.